The van der Waals surface area contributed by atoms with E-state index in [-0.39, 0.29) is 6.61 Å². The summed E-state index contributed by atoms with van der Waals surface area (Å²) in [5, 5.41) is 12.2. The van der Waals surface area contributed by atoms with Crippen molar-refractivity contribution in [1.82, 2.24) is 5.32 Å². The topological polar surface area (TPSA) is 53.9 Å². The van der Waals surface area contributed by atoms with Gasteiger partial charge in [0.1, 0.15) is 12.4 Å². The molecule has 3 atom stereocenters. The summed E-state index contributed by atoms with van der Waals surface area (Å²) >= 11 is 0. The lowest BCUT2D eigenvalue weighted by Gasteiger charge is -2.07. The first-order valence-electron chi connectivity index (χ1n) is 6.88. The fraction of sp³-hybridized carbons (Fsp3) is 0.533. The maximum absolute atomic E-state index is 9.03. The Morgan fingerprint density at radius 3 is 2.89 bits per heavy atom. The largest absolute Gasteiger partial charge is 0.388 e. The SMILES string of the molecule is OCC1=NC[C@H]2C(COCc3ccccc3)[C@H]2CN1. The summed E-state index contributed by atoms with van der Waals surface area (Å²) < 4.78 is 5.80. The van der Waals surface area contributed by atoms with Crippen LogP contribution in [0.1, 0.15) is 5.56 Å². The molecule has 0 radical (unpaired) electrons. The quantitative estimate of drug-likeness (QED) is 0.832. The minimum absolute atomic E-state index is 0.0224. The zero-order valence-corrected chi connectivity index (χ0v) is 11.0. The Labute approximate surface area is 113 Å². The van der Waals surface area contributed by atoms with Crippen molar-refractivity contribution in [2.45, 2.75) is 6.61 Å². The predicted octanol–water partition coefficient (Wildman–Crippen LogP) is 1.06. The van der Waals surface area contributed by atoms with Crippen molar-refractivity contribution in [3.05, 3.63) is 35.9 Å². The van der Waals surface area contributed by atoms with E-state index in [1.165, 1.54) is 5.56 Å². The van der Waals surface area contributed by atoms with Crippen molar-refractivity contribution in [3.63, 3.8) is 0 Å². The molecule has 0 saturated heterocycles. The molecule has 3 rings (SSSR count). The first-order valence-corrected chi connectivity index (χ1v) is 6.88. The Hall–Kier alpha value is -1.39. The van der Waals surface area contributed by atoms with Gasteiger partial charge < -0.3 is 15.2 Å². The van der Waals surface area contributed by atoms with Gasteiger partial charge in [0.05, 0.1) is 13.2 Å². The van der Waals surface area contributed by atoms with Crippen LogP contribution < -0.4 is 5.32 Å². The smallest absolute Gasteiger partial charge is 0.122 e. The minimum Gasteiger partial charge on any atom is -0.388 e. The van der Waals surface area contributed by atoms with Crippen LogP contribution in [0.25, 0.3) is 0 Å². The number of aliphatic hydroxyl groups is 1. The van der Waals surface area contributed by atoms with Crippen molar-refractivity contribution >= 4 is 5.84 Å². The van der Waals surface area contributed by atoms with E-state index in [9.17, 15) is 0 Å². The maximum atomic E-state index is 9.03. The molecule has 4 nitrogen and oxygen atoms in total. The van der Waals surface area contributed by atoms with Gasteiger partial charge in [-0.05, 0) is 23.3 Å². The highest BCUT2D eigenvalue weighted by molar-refractivity contribution is 5.83. The second kappa shape index (κ2) is 5.72. The van der Waals surface area contributed by atoms with E-state index < -0.39 is 0 Å². The fourth-order valence-corrected chi connectivity index (χ4v) is 2.85. The monoisotopic (exact) mass is 260 g/mol. The number of fused-ring (bicyclic) bond motifs is 1. The van der Waals surface area contributed by atoms with Gasteiger partial charge in [0.15, 0.2) is 0 Å². The van der Waals surface area contributed by atoms with Gasteiger partial charge in [-0.3, -0.25) is 4.99 Å². The molecule has 2 N–H and O–H groups in total. The molecule has 0 spiro atoms. The summed E-state index contributed by atoms with van der Waals surface area (Å²) in [6.45, 7) is 3.27. The highest BCUT2D eigenvalue weighted by atomic mass is 16.5. The number of rotatable bonds is 5. The zero-order valence-electron chi connectivity index (χ0n) is 11.0. The molecule has 1 aromatic carbocycles. The lowest BCUT2D eigenvalue weighted by molar-refractivity contribution is 0.105. The van der Waals surface area contributed by atoms with Gasteiger partial charge in [0.2, 0.25) is 0 Å². The molecule has 19 heavy (non-hydrogen) atoms. The Morgan fingerprint density at radius 1 is 1.26 bits per heavy atom. The van der Waals surface area contributed by atoms with Crippen molar-refractivity contribution in [3.8, 4) is 0 Å². The first-order chi connectivity index (χ1) is 9.38. The van der Waals surface area contributed by atoms with Crippen LogP contribution in [-0.2, 0) is 11.3 Å². The number of nitrogens with one attached hydrogen (secondary N) is 1. The summed E-state index contributed by atoms with van der Waals surface area (Å²) in [6.07, 6.45) is 0. The molecule has 1 saturated carbocycles. The Balaban J connectivity index is 1.43. The average Bonchev–Trinajstić information content (AvgIpc) is 3.16. The van der Waals surface area contributed by atoms with Crippen LogP contribution in [0, 0.1) is 17.8 Å². The summed E-state index contributed by atoms with van der Waals surface area (Å²) in [5.74, 6) is 2.65. The number of aliphatic imine (C=N–C) groups is 1. The van der Waals surface area contributed by atoms with Gasteiger partial charge in [0, 0.05) is 13.1 Å². The van der Waals surface area contributed by atoms with Crippen LogP contribution >= 0.6 is 0 Å². The Kier molecular flexibility index (Phi) is 3.80. The molecule has 1 fully saturated rings. The zero-order chi connectivity index (χ0) is 13.1. The number of hydrogen-bond donors (Lipinski definition) is 2. The fourth-order valence-electron chi connectivity index (χ4n) is 2.85. The number of aliphatic hydroxyl groups excluding tert-OH is 1. The summed E-state index contributed by atoms with van der Waals surface area (Å²) in [5.41, 5.74) is 1.22. The Morgan fingerprint density at radius 2 is 2.11 bits per heavy atom. The van der Waals surface area contributed by atoms with Gasteiger partial charge in [0.25, 0.3) is 0 Å². The van der Waals surface area contributed by atoms with Crippen molar-refractivity contribution < 1.29 is 9.84 Å². The normalized spacial score (nSPS) is 28.9. The number of nitrogens with zero attached hydrogens (tertiary/aromatic N) is 1. The standard InChI is InChI=1S/C15H20N2O2/c18-8-15-16-6-12-13(7-17-15)14(12)10-19-9-11-4-2-1-3-5-11/h1-5,12-14,18H,6-10H2,(H,16,17)/t12-,13+,14?. The third-order valence-corrected chi connectivity index (χ3v) is 4.12. The second-order valence-electron chi connectivity index (χ2n) is 5.32. The van der Waals surface area contributed by atoms with Gasteiger partial charge in [-0.25, -0.2) is 0 Å². The van der Waals surface area contributed by atoms with Gasteiger partial charge >= 0.3 is 0 Å². The molecule has 102 valence electrons. The van der Waals surface area contributed by atoms with Crippen LogP contribution in [0.2, 0.25) is 0 Å². The average molecular weight is 260 g/mol. The van der Waals surface area contributed by atoms with Crippen molar-refractivity contribution in [2.24, 2.45) is 22.7 Å². The molecule has 0 bridgehead atoms. The molecule has 1 aliphatic heterocycles. The Bertz CT molecular complexity index is 447. The van der Waals surface area contributed by atoms with E-state index >= 15 is 0 Å². The number of hydrogen-bond acceptors (Lipinski definition) is 4. The van der Waals surface area contributed by atoms with Crippen molar-refractivity contribution in [1.29, 1.82) is 0 Å². The summed E-state index contributed by atoms with van der Waals surface area (Å²) in [6, 6.07) is 10.3. The van der Waals surface area contributed by atoms with E-state index in [4.69, 9.17) is 9.84 Å². The molecule has 0 amide bonds. The second-order valence-corrected chi connectivity index (χ2v) is 5.32. The summed E-state index contributed by atoms with van der Waals surface area (Å²) in [4.78, 5) is 4.38. The maximum Gasteiger partial charge on any atom is 0.122 e. The van der Waals surface area contributed by atoms with Crippen LogP contribution in [-0.4, -0.2) is 37.2 Å². The lowest BCUT2D eigenvalue weighted by atomic mass is 10.2. The number of benzene rings is 1. The molecule has 1 heterocycles. The number of amidine groups is 1. The van der Waals surface area contributed by atoms with E-state index in [2.05, 4.69) is 22.4 Å². The third kappa shape index (κ3) is 2.96. The predicted molar refractivity (Wildman–Crippen MR) is 74.0 cm³/mol. The van der Waals surface area contributed by atoms with E-state index in [1.54, 1.807) is 0 Å². The van der Waals surface area contributed by atoms with E-state index in [0.717, 1.165) is 25.5 Å². The van der Waals surface area contributed by atoms with Crippen LogP contribution in [0.15, 0.2) is 35.3 Å². The summed E-state index contributed by atoms with van der Waals surface area (Å²) in [7, 11) is 0. The molecule has 2 aliphatic rings. The highest BCUT2D eigenvalue weighted by Crippen LogP contribution is 2.47. The third-order valence-electron chi connectivity index (χ3n) is 4.12. The molecule has 1 unspecified atom stereocenters. The first kappa shape index (κ1) is 12.6. The minimum atomic E-state index is 0.0224. The van der Waals surface area contributed by atoms with Crippen LogP contribution in [0.5, 0.6) is 0 Å². The lowest BCUT2D eigenvalue weighted by Crippen LogP contribution is -2.28. The van der Waals surface area contributed by atoms with E-state index in [0.29, 0.717) is 24.4 Å². The van der Waals surface area contributed by atoms with Gasteiger partial charge in [-0.2, -0.15) is 0 Å². The van der Waals surface area contributed by atoms with Crippen LogP contribution in [0.4, 0.5) is 0 Å². The molecule has 1 aliphatic carbocycles. The van der Waals surface area contributed by atoms with Crippen molar-refractivity contribution in [2.75, 3.05) is 26.3 Å². The molecule has 1 aromatic rings. The molecule has 0 aromatic heterocycles. The van der Waals surface area contributed by atoms with E-state index in [1.807, 2.05) is 18.2 Å². The molecule has 4 heteroatoms. The van der Waals surface area contributed by atoms with Gasteiger partial charge in [-0.1, -0.05) is 30.3 Å². The van der Waals surface area contributed by atoms with Gasteiger partial charge in [-0.15, -0.1) is 0 Å². The highest BCUT2D eigenvalue weighted by Gasteiger charge is 2.50. The van der Waals surface area contributed by atoms with Crippen LogP contribution in [0.3, 0.4) is 0 Å². The molecular formula is C15H20N2O2. The molecular weight excluding hydrogens is 240 g/mol. The number of ether oxygens (including phenoxy) is 1.